The van der Waals surface area contributed by atoms with Crippen LogP contribution in [0.1, 0.15) is 19.8 Å². The van der Waals surface area contributed by atoms with Crippen LogP contribution < -0.4 is 4.74 Å². The first kappa shape index (κ1) is 14.8. The van der Waals surface area contributed by atoms with Gasteiger partial charge in [-0.3, -0.25) is 0 Å². The van der Waals surface area contributed by atoms with Crippen LogP contribution in [0, 0.1) is 5.92 Å². The molecule has 0 unspecified atom stereocenters. The number of nitrogens with zero attached hydrogens (tertiary/aromatic N) is 1. The highest BCUT2D eigenvalue weighted by Gasteiger charge is 2.28. The van der Waals surface area contributed by atoms with Crippen molar-refractivity contribution in [2.24, 2.45) is 5.92 Å². The van der Waals surface area contributed by atoms with Crippen LogP contribution in [0.25, 0.3) is 0 Å². The fraction of sp³-hybridized carbons (Fsp3) is 0.538. The largest absolute Gasteiger partial charge is 0.496 e. The lowest BCUT2D eigenvalue weighted by atomic mass is 10.0. The summed E-state index contributed by atoms with van der Waals surface area (Å²) in [5.74, 6) is 1.05. The number of benzene rings is 1. The molecular formula is C13H18BrNO3S. The standard InChI is InChI=1S/C13H18BrNO3S/c1-10-4-3-7-15(9-10)19(16,17)11-5-6-13(18-2)12(14)8-11/h5-6,8,10H,3-4,7,9H2,1-2H3/t10-/m0/s1. The van der Waals surface area contributed by atoms with Gasteiger partial charge in [-0.2, -0.15) is 4.31 Å². The van der Waals surface area contributed by atoms with Crippen LogP contribution >= 0.6 is 15.9 Å². The third-order valence-electron chi connectivity index (χ3n) is 3.38. The number of rotatable bonds is 3. The van der Waals surface area contributed by atoms with Gasteiger partial charge in [0.1, 0.15) is 5.75 Å². The molecule has 1 fully saturated rings. The van der Waals surface area contributed by atoms with Crippen LogP contribution in [-0.4, -0.2) is 32.9 Å². The Balaban J connectivity index is 2.31. The van der Waals surface area contributed by atoms with Crippen LogP contribution in [0.2, 0.25) is 0 Å². The number of ether oxygens (including phenoxy) is 1. The maximum atomic E-state index is 12.5. The molecule has 19 heavy (non-hydrogen) atoms. The molecule has 1 aliphatic rings. The molecule has 4 nitrogen and oxygen atoms in total. The van der Waals surface area contributed by atoms with Gasteiger partial charge in [0.2, 0.25) is 10.0 Å². The van der Waals surface area contributed by atoms with Gasteiger partial charge in [-0.25, -0.2) is 8.42 Å². The quantitative estimate of drug-likeness (QED) is 0.844. The van der Waals surface area contributed by atoms with Crippen molar-refractivity contribution < 1.29 is 13.2 Å². The normalized spacial score (nSPS) is 21.3. The van der Waals surface area contributed by atoms with Gasteiger partial charge in [0.25, 0.3) is 0 Å². The van der Waals surface area contributed by atoms with E-state index in [2.05, 4.69) is 22.9 Å². The summed E-state index contributed by atoms with van der Waals surface area (Å²) in [6, 6.07) is 4.87. The molecule has 106 valence electrons. The Morgan fingerprint density at radius 2 is 2.16 bits per heavy atom. The number of halogens is 1. The maximum Gasteiger partial charge on any atom is 0.243 e. The lowest BCUT2D eigenvalue weighted by Crippen LogP contribution is -2.39. The molecule has 0 radical (unpaired) electrons. The fourth-order valence-electron chi connectivity index (χ4n) is 2.32. The van der Waals surface area contributed by atoms with Crippen molar-refractivity contribution in [3.63, 3.8) is 0 Å². The molecule has 1 heterocycles. The van der Waals surface area contributed by atoms with E-state index >= 15 is 0 Å². The summed E-state index contributed by atoms with van der Waals surface area (Å²) in [7, 11) is -1.84. The highest BCUT2D eigenvalue weighted by Crippen LogP contribution is 2.30. The van der Waals surface area contributed by atoms with Crippen LogP contribution in [-0.2, 0) is 10.0 Å². The number of hydrogen-bond acceptors (Lipinski definition) is 3. The summed E-state index contributed by atoms with van der Waals surface area (Å²) in [6.45, 7) is 3.30. The van der Waals surface area contributed by atoms with E-state index < -0.39 is 10.0 Å². The smallest absolute Gasteiger partial charge is 0.243 e. The van der Waals surface area contributed by atoms with Crippen molar-refractivity contribution in [3.8, 4) is 5.75 Å². The Morgan fingerprint density at radius 1 is 1.42 bits per heavy atom. The van der Waals surface area contributed by atoms with Gasteiger partial charge in [-0.05, 0) is 52.9 Å². The molecule has 6 heteroatoms. The molecule has 0 saturated carbocycles. The SMILES string of the molecule is COc1ccc(S(=O)(=O)N2CCC[C@H](C)C2)cc1Br. The van der Waals surface area contributed by atoms with E-state index in [1.165, 1.54) is 0 Å². The maximum absolute atomic E-state index is 12.5. The van der Waals surface area contributed by atoms with Gasteiger partial charge < -0.3 is 4.74 Å². The van der Waals surface area contributed by atoms with E-state index in [0.29, 0.717) is 34.1 Å². The van der Waals surface area contributed by atoms with Crippen molar-refractivity contribution in [1.29, 1.82) is 0 Å². The number of hydrogen-bond donors (Lipinski definition) is 0. The van der Waals surface area contributed by atoms with Gasteiger partial charge in [0.05, 0.1) is 16.5 Å². The zero-order chi connectivity index (χ0) is 14.0. The summed E-state index contributed by atoms with van der Waals surface area (Å²) in [4.78, 5) is 0.314. The lowest BCUT2D eigenvalue weighted by molar-refractivity contribution is 0.281. The number of methoxy groups -OCH3 is 1. The average molecular weight is 348 g/mol. The summed E-state index contributed by atoms with van der Waals surface area (Å²) in [6.07, 6.45) is 2.02. The summed E-state index contributed by atoms with van der Waals surface area (Å²) in [5, 5.41) is 0. The third kappa shape index (κ3) is 3.12. The number of piperidine rings is 1. The Morgan fingerprint density at radius 3 is 2.74 bits per heavy atom. The topological polar surface area (TPSA) is 46.6 Å². The van der Waals surface area contributed by atoms with Crippen LogP contribution in [0.15, 0.2) is 27.6 Å². The Kier molecular flexibility index (Phi) is 4.53. The molecule has 1 aromatic carbocycles. The van der Waals surface area contributed by atoms with Crippen LogP contribution in [0.5, 0.6) is 5.75 Å². The van der Waals surface area contributed by atoms with Crippen LogP contribution in [0.4, 0.5) is 0 Å². The zero-order valence-corrected chi connectivity index (χ0v) is 13.5. The van der Waals surface area contributed by atoms with Crippen LogP contribution in [0.3, 0.4) is 0 Å². The molecule has 0 spiro atoms. The van der Waals surface area contributed by atoms with Crippen molar-refractivity contribution in [1.82, 2.24) is 4.31 Å². The van der Waals surface area contributed by atoms with E-state index in [4.69, 9.17) is 4.74 Å². The lowest BCUT2D eigenvalue weighted by Gasteiger charge is -2.30. The Labute approximate surface area is 122 Å². The second kappa shape index (κ2) is 5.81. The first-order valence-corrected chi connectivity index (χ1v) is 8.52. The molecule has 0 aliphatic carbocycles. The highest BCUT2D eigenvalue weighted by atomic mass is 79.9. The molecule has 0 aromatic heterocycles. The molecule has 1 atom stereocenters. The van der Waals surface area contributed by atoms with Gasteiger partial charge in [-0.15, -0.1) is 0 Å². The molecule has 0 amide bonds. The first-order chi connectivity index (χ1) is 8.95. The minimum Gasteiger partial charge on any atom is -0.496 e. The minimum atomic E-state index is -3.39. The third-order valence-corrected chi connectivity index (χ3v) is 5.86. The Hall–Kier alpha value is -0.590. The van der Waals surface area contributed by atoms with E-state index in [9.17, 15) is 8.42 Å². The van der Waals surface area contributed by atoms with Gasteiger partial charge in [0.15, 0.2) is 0 Å². The molecule has 1 aromatic rings. The summed E-state index contributed by atoms with van der Waals surface area (Å²) < 4.78 is 32.5. The van der Waals surface area contributed by atoms with Crippen molar-refractivity contribution in [3.05, 3.63) is 22.7 Å². The monoisotopic (exact) mass is 347 g/mol. The fourth-order valence-corrected chi connectivity index (χ4v) is 4.64. The predicted molar refractivity (Wildman–Crippen MR) is 77.9 cm³/mol. The molecule has 1 aliphatic heterocycles. The van der Waals surface area contributed by atoms with Crippen molar-refractivity contribution in [2.75, 3.05) is 20.2 Å². The van der Waals surface area contributed by atoms with Gasteiger partial charge in [0, 0.05) is 13.1 Å². The second-order valence-electron chi connectivity index (χ2n) is 4.91. The van der Waals surface area contributed by atoms with E-state index in [1.807, 2.05) is 0 Å². The number of sulfonamides is 1. The van der Waals surface area contributed by atoms with Crippen molar-refractivity contribution >= 4 is 26.0 Å². The van der Waals surface area contributed by atoms with Crippen molar-refractivity contribution in [2.45, 2.75) is 24.7 Å². The summed E-state index contributed by atoms with van der Waals surface area (Å²) >= 11 is 3.33. The van der Waals surface area contributed by atoms with E-state index in [-0.39, 0.29) is 0 Å². The zero-order valence-electron chi connectivity index (χ0n) is 11.1. The van der Waals surface area contributed by atoms with Gasteiger partial charge in [-0.1, -0.05) is 6.92 Å². The highest BCUT2D eigenvalue weighted by molar-refractivity contribution is 9.10. The van der Waals surface area contributed by atoms with E-state index in [0.717, 1.165) is 12.8 Å². The van der Waals surface area contributed by atoms with E-state index in [1.54, 1.807) is 29.6 Å². The predicted octanol–water partition coefficient (Wildman–Crippen LogP) is 2.88. The summed E-state index contributed by atoms with van der Waals surface area (Å²) in [5.41, 5.74) is 0. The molecular weight excluding hydrogens is 330 g/mol. The molecule has 2 rings (SSSR count). The Bertz CT molecular complexity index is 559. The minimum absolute atomic E-state index is 0.314. The average Bonchev–Trinajstić information content (AvgIpc) is 2.38. The van der Waals surface area contributed by atoms with Gasteiger partial charge >= 0.3 is 0 Å². The molecule has 1 saturated heterocycles. The second-order valence-corrected chi connectivity index (χ2v) is 7.70. The molecule has 0 bridgehead atoms. The molecule has 0 N–H and O–H groups in total. The first-order valence-electron chi connectivity index (χ1n) is 6.29.